The van der Waals surface area contributed by atoms with Crippen molar-refractivity contribution in [1.82, 2.24) is 9.97 Å². The van der Waals surface area contributed by atoms with E-state index in [1.54, 1.807) is 38.5 Å². The van der Waals surface area contributed by atoms with Gasteiger partial charge in [-0.3, -0.25) is 0 Å². The van der Waals surface area contributed by atoms with Crippen molar-refractivity contribution in [3.8, 4) is 11.5 Å². The molecule has 0 saturated carbocycles. The summed E-state index contributed by atoms with van der Waals surface area (Å²) in [4.78, 5) is 8.42. The van der Waals surface area contributed by atoms with E-state index in [0.29, 0.717) is 38.9 Å². The summed E-state index contributed by atoms with van der Waals surface area (Å²) in [6.45, 7) is 0. The molecule has 0 saturated heterocycles. The molecule has 0 aliphatic carbocycles. The fraction of sp³-hybridized carbons (Fsp3) is 0.111. The van der Waals surface area contributed by atoms with Crippen LogP contribution in [0.5, 0.6) is 11.5 Å². The van der Waals surface area contributed by atoms with Crippen LogP contribution in [-0.4, -0.2) is 24.2 Å². The molecule has 1 heterocycles. The van der Waals surface area contributed by atoms with Crippen molar-refractivity contribution < 1.29 is 9.47 Å². The molecule has 1 aromatic heterocycles. The van der Waals surface area contributed by atoms with Crippen molar-refractivity contribution >= 4 is 46.2 Å². The number of aromatic nitrogens is 2. The van der Waals surface area contributed by atoms with Crippen molar-refractivity contribution in [2.75, 3.05) is 24.9 Å². The Morgan fingerprint density at radius 3 is 2.23 bits per heavy atom. The maximum Gasteiger partial charge on any atom is 0.162 e. The molecule has 3 rings (SSSR count). The van der Waals surface area contributed by atoms with Crippen LogP contribution in [0.2, 0.25) is 10.0 Å². The second-order valence-corrected chi connectivity index (χ2v) is 6.08. The predicted molar refractivity (Wildman–Crippen MR) is 105 cm³/mol. The van der Waals surface area contributed by atoms with Crippen molar-refractivity contribution in [3.63, 3.8) is 0 Å². The Kier molecular flexibility index (Phi) is 5.65. The summed E-state index contributed by atoms with van der Waals surface area (Å²) in [7, 11) is 3.18. The molecule has 6 nitrogen and oxygen atoms in total. The first-order valence-electron chi connectivity index (χ1n) is 7.62. The van der Waals surface area contributed by atoms with Gasteiger partial charge in [-0.2, -0.15) is 0 Å². The standard InChI is InChI=1S/C18H16Cl2N4O2/c1-25-15-6-4-12(8-16(15)26-2)23-17-9-18(22-10-21-17)24-14-5-3-11(19)7-13(14)20/h3-10H,1-2H3,(H2,21,22,23,24). The molecule has 2 N–H and O–H groups in total. The van der Waals surface area contributed by atoms with E-state index in [1.807, 2.05) is 18.2 Å². The van der Waals surface area contributed by atoms with Gasteiger partial charge in [-0.15, -0.1) is 0 Å². The van der Waals surface area contributed by atoms with E-state index in [0.717, 1.165) is 5.69 Å². The second kappa shape index (κ2) is 8.12. The van der Waals surface area contributed by atoms with E-state index in [1.165, 1.54) is 6.33 Å². The third kappa shape index (κ3) is 4.28. The number of halogens is 2. The highest BCUT2D eigenvalue weighted by molar-refractivity contribution is 6.36. The maximum absolute atomic E-state index is 6.18. The lowest BCUT2D eigenvalue weighted by atomic mass is 10.2. The topological polar surface area (TPSA) is 68.3 Å². The van der Waals surface area contributed by atoms with Gasteiger partial charge in [0.25, 0.3) is 0 Å². The van der Waals surface area contributed by atoms with Gasteiger partial charge in [0.2, 0.25) is 0 Å². The third-order valence-corrected chi connectivity index (χ3v) is 4.06. The van der Waals surface area contributed by atoms with E-state index in [9.17, 15) is 0 Å². The number of nitrogens with one attached hydrogen (secondary N) is 2. The molecule has 0 aliphatic heterocycles. The van der Waals surface area contributed by atoms with Gasteiger partial charge in [0.05, 0.1) is 24.9 Å². The fourth-order valence-corrected chi connectivity index (χ4v) is 2.74. The number of methoxy groups -OCH3 is 2. The molecule has 0 bridgehead atoms. The molecule has 0 atom stereocenters. The Labute approximate surface area is 161 Å². The minimum atomic E-state index is 0.505. The number of nitrogens with zero attached hydrogens (tertiary/aromatic N) is 2. The SMILES string of the molecule is COc1ccc(Nc2cc(Nc3ccc(Cl)cc3Cl)ncn2)cc1OC. The van der Waals surface area contributed by atoms with Gasteiger partial charge in [-0.05, 0) is 30.3 Å². The maximum atomic E-state index is 6.18. The summed E-state index contributed by atoms with van der Waals surface area (Å²) in [6.07, 6.45) is 1.45. The van der Waals surface area contributed by atoms with Crippen LogP contribution < -0.4 is 20.1 Å². The Morgan fingerprint density at radius 1 is 0.808 bits per heavy atom. The Bertz CT molecular complexity index is 921. The number of hydrogen-bond acceptors (Lipinski definition) is 6. The summed E-state index contributed by atoms with van der Waals surface area (Å²) in [5.74, 6) is 2.48. The largest absolute Gasteiger partial charge is 0.493 e. The quantitative estimate of drug-likeness (QED) is 0.595. The van der Waals surface area contributed by atoms with Gasteiger partial charge in [0.1, 0.15) is 18.0 Å². The molecular weight excluding hydrogens is 375 g/mol. The zero-order valence-corrected chi connectivity index (χ0v) is 15.6. The molecule has 2 aromatic carbocycles. The lowest BCUT2D eigenvalue weighted by Gasteiger charge is -2.12. The zero-order chi connectivity index (χ0) is 18.5. The normalized spacial score (nSPS) is 10.3. The Balaban J connectivity index is 1.79. The van der Waals surface area contributed by atoms with Crippen LogP contribution in [0.3, 0.4) is 0 Å². The van der Waals surface area contributed by atoms with Crippen molar-refractivity contribution in [2.45, 2.75) is 0 Å². The van der Waals surface area contributed by atoms with Gasteiger partial charge in [0.15, 0.2) is 11.5 Å². The van der Waals surface area contributed by atoms with E-state index < -0.39 is 0 Å². The van der Waals surface area contributed by atoms with Crippen LogP contribution in [0.15, 0.2) is 48.8 Å². The molecule has 0 amide bonds. The minimum Gasteiger partial charge on any atom is -0.493 e. The van der Waals surface area contributed by atoms with E-state index in [2.05, 4.69) is 20.6 Å². The first kappa shape index (κ1) is 18.1. The van der Waals surface area contributed by atoms with Crippen LogP contribution in [0.25, 0.3) is 0 Å². The number of anilines is 4. The van der Waals surface area contributed by atoms with Crippen LogP contribution in [-0.2, 0) is 0 Å². The summed E-state index contributed by atoms with van der Waals surface area (Å²) in [5.41, 5.74) is 1.50. The first-order valence-corrected chi connectivity index (χ1v) is 8.38. The highest BCUT2D eigenvalue weighted by Crippen LogP contribution is 2.31. The van der Waals surface area contributed by atoms with Gasteiger partial charge in [-0.1, -0.05) is 23.2 Å². The van der Waals surface area contributed by atoms with E-state index in [4.69, 9.17) is 32.7 Å². The van der Waals surface area contributed by atoms with Gasteiger partial charge >= 0.3 is 0 Å². The van der Waals surface area contributed by atoms with Gasteiger partial charge in [0, 0.05) is 22.8 Å². The minimum absolute atomic E-state index is 0.505. The summed E-state index contributed by atoms with van der Waals surface area (Å²) >= 11 is 12.1. The fourth-order valence-electron chi connectivity index (χ4n) is 2.28. The number of hydrogen-bond donors (Lipinski definition) is 2. The molecule has 0 spiro atoms. The Morgan fingerprint density at radius 2 is 1.54 bits per heavy atom. The highest BCUT2D eigenvalue weighted by Gasteiger charge is 2.07. The van der Waals surface area contributed by atoms with Gasteiger partial charge < -0.3 is 20.1 Å². The average Bonchev–Trinajstić information content (AvgIpc) is 2.64. The predicted octanol–water partition coefficient (Wildman–Crippen LogP) is 5.29. The molecule has 26 heavy (non-hydrogen) atoms. The third-order valence-electron chi connectivity index (χ3n) is 3.52. The van der Waals surface area contributed by atoms with E-state index in [-0.39, 0.29) is 0 Å². The first-order chi connectivity index (χ1) is 12.6. The van der Waals surface area contributed by atoms with Gasteiger partial charge in [-0.25, -0.2) is 9.97 Å². The molecular formula is C18H16Cl2N4O2. The molecule has 8 heteroatoms. The summed E-state index contributed by atoms with van der Waals surface area (Å²) in [5, 5.41) is 7.41. The molecule has 0 unspecified atom stereocenters. The Hall–Kier alpha value is -2.70. The number of benzene rings is 2. The van der Waals surface area contributed by atoms with Crippen molar-refractivity contribution in [1.29, 1.82) is 0 Å². The molecule has 0 fully saturated rings. The van der Waals surface area contributed by atoms with Crippen LogP contribution in [0.1, 0.15) is 0 Å². The summed E-state index contributed by atoms with van der Waals surface area (Å²) in [6, 6.07) is 12.5. The monoisotopic (exact) mass is 390 g/mol. The number of rotatable bonds is 6. The lowest BCUT2D eigenvalue weighted by molar-refractivity contribution is 0.355. The summed E-state index contributed by atoms with van der Waals surface area (Å²) < 4.78 is 10.5. The molecule has 0 radical (unpaired) electrons. The van der Waals surface area contributed by atoms with Crippen molar-refractivity contribution in [2.24, 2.45) is 0 Å². The van der Waals surface area contributed by atoms with Crippen LogP contribution >= 0.6 is 23.2 Å². The lowest BCUT2D eigenvalue weighted by Crippen LogP contribution is -1.99. The molecule has 3 aromatic rings. The molecule has 134 valence electrons. The van der Waals surface area contributed by atoms with E-state index >= 15 is 0 Å². The second-order valence-electron chi connectivity index (χ2n) is 5.23. The zero-order valence-electron chi connectivity index (χ0n) is 14.1. The van der Waals surface area contributed by atoms with Crippen molar-refractivity contribution in [3.05, 3.63) is 58.8 Å². The highest BCUT2D eigenvalue weighted by atomic mass is 35.5. The average molecular weight is 391 g/mol. The smallest absolute Gasteiger partial charge is 0.162 e. The van der Waals surface area contributed by atoms with Crippen LogP contribution in [0.4, 0.5) is 23.0 Å². The number of ether oxygens (including phenoxy) is 2. The molecule has 0 aliphatic rings. The van der Waals surface area contributed by atoms with Crippen LogP contribution in [0, 0.1) is 0 Å².